The van der Waals surface area contributed by atoms with Gasteiger partial charge in [-0.25, -0.2) is 19.5 Å². The van der Waals surface area contributed by atoms with Gasteiger partial charge in [0.05, 0.1) is 5.69 Å². The van der Waals surface area contributed by atoms with Crippen LogP contribution < -0.4 is 15.0 Å². The standard InChI is InChI=1S/C25H21F3N4O4S/c1-24(2)21(33)32(17-8-10-19(11-9-17)37-25(26,27)28)23(35)31(24)15-16-12-13-29-20(14-16)30-22(34)36-18-6-4-3-5-7-18/h3-14H,15H2,1-2H3,(H,29,30,34). The van der Waals surface area contributed by atoms with Crippen molar-refractivity contribution in [3.8, 4) is 5.75 Å². The van der Waals surface area contributed by atoms with Gasteiger partial charge in [-0.05, 0) is 79.7 Å². The summed E-state index contributed by atoms with van der Waals surface area (Å²) >= 11 is -0.282. The van der Waals surface area contributed by atoms with Gasteiger partial charge in [0.2, 0.25) is 0 Å². The summed E-state index contributed by atoms with van der Waals surface area (Å²) < 4.78 is 43.1. The van der Waals surface area contributed by atoms with Crippen LogP contribution in [-0.2, 0) is 11.3 Å². The lowest BCUT2D eigenvalue weighted by molar-refractivity contribution is -0.123. The van der Waals surface area contributed by atoms with E-state index in [-0.39, 0.29) is 34.7 Å². The van der Waals surface area contributed by atoms with Crippen molar-refractivity contribution in [3.05, 3.63) is 78.5 Å². The number of pyridine rings is 1. The molecule has 2 heterocycles. The number of anilines is 2. The SMILES string of the molecule is CC1(C)C(=O)N(c2ccc(SC(F)(F)F)cc2)C(=O)N1Cc1ccnc(NC(=O)Oc2ccccc2)c1. The summed E-state index contributed by atoms with van der Waals surface area (Å²) in [7, 11) is 0. The molecule has 37 heavy (non-hydrogen) atoms. The number of alkyl halides is 3. The lowest BCUT2D eigenvalue weighted by Crippen LogP contribution is -2.43. The lowest BCUT2D eigenvalue weighted by atomic mass is 10.0. The second-order valence-corrected chi connectivity index (χ2v) is 9.63. The predicted molar refractivity (Wildman–Crippen MR) is 131 cm³/mol. The number of benzene rings is 2. The van der Waals surface area contributed by atoms with Crippen LogP contribution in [-0.4, -0.2) is 39.0 Å². The van der Waals surface area contributed by atoms with Crippen LogP contribution in [0.2, 0.25) is 0 Å². The van der Waals surface area contributed by atoms with Gasteiger partial charge in [-0.1, -0.05) is 18.2 Å². The number of carbonyl (C=O) groups is 3. The number of aromatic nitrogens is 1. The average Bonchev–Trinajstić information content (AvgIpc) is 2.99. The number of hydrogen-bond donors (Lipinski definition) is 1. The molecular formula is C25H21F3N4O4S. The zero-order valence-corrected chi connectivity index (χ0v) is 20.5. The highest BCUT2D eigenvalue weighted by Gasteiger charge is 2.51. The van der Waals surface area contributed by atoms with Crippen molar-refractivity contribution in [1.29, 1.82) is 0 Å². The Balaban J connectivity index is 1.48. The fraction of sp³-hybridized carbons (Fsp3) is 0.200. The minimum absolute atomic E-state index is 0.0149. The molecule has 1 fully saturated rings. The van der Waals surface area contributed by atoms with Gasteiger partial charge in [0.1, 0.15) is 17.1 Å². The van der Waals surface area contributed by atoms with E-state index in [4.69, 9.17) is 4.74 Å². The summed E-state index contributed by atoms with van der Waals surface area (Å²) in [6, 6.07) is 16.0. The van der Waals surface area contributed by atoms with Gasteiger partial charge in [-0.3, -0.25) is 10.1 Å². The average molecular weight is 531 g/mol. The van der Waals surface area contributed by atoms with Gasteiger partial charge in [0, 0.05) is 17.6 Å². The molecule has 0 radical (unpaired) electrons. The van der Waals surface area contributed by atoms with E-state index in [9.17, 15) is 27.6 Å². The summed E-state index contributed by atoms with van der Waals surface area (Å²) in [5, 5.41) is 2.52. The minimum Gasteiger partial charge on any atom is -0.410 e. The topological polar surface area (TPSA) is 91.8 Å². The molecule has 0 aliphatic carbocycles. The van der Waals surface area contributed by atoms with Gasteiger partial charge in [-0.2, -0.15) is 13.2 Å². The summed E-state index contributed by atoms with van der Waals surface area (Å²) in [5.74, 6) is 0.0144. The number of carbonyl (C=O) groups excluding carboxylic acids is 3. The molecule has 8 nitrogen and oxygen atoms in total. The molecule has 1 aliphatic rings. The fourth-order valence-electron chi connectivity index (χ4n) is 3.67. The largest absolute Gasteiger partial charge is 0.446 e. The second-order valence-electron chi connectivity index (χ2n) is 8.49. The van der Waals surface area contributed by atoms with Crippen LogP contribution in [0.15, 0.2) is 77.8 Å². The quantitative estimate of drug-likeness (QED) is 0.308. The summed E-state index contributed by atoms with van der Waals surface area (Å²) in [6.07, 6.45) is 0.694. The van der Waals surface area contributed by atoms with E-state index in [0.717, 1.165) is 4.90 Å². The van der Waals surface area contributed by atoms with Crippen molar-refractivity contribution in [3.63, 3.8) is 0 Å². The first kappa shape index (κ1) is 26.0. The Kier molecular flexibility index (Phi) is 7.12. The molecule has 12 heteroatoms. The first-order chi connectivity index (χ1) is 17.4. The van der Waals surface area contributed by atoms with E-state index in [2.05, 4.69) is 10.3 Å². The molecule has 2 aromatic carbocycles. The van der Waals surface area contributed by atoms with Gasteiger partial charge in [0.15, 0.2) is 0 Å². The summed E-state index contributed by atoms with van der Waals surface area (Å²) in [5.41, 5.74) is -4.94. The second kappa shape index (κ2) is 10.1. The van der Waals surface area contributed by atoms with Crippen LogP contribution in [0.5, 0.6) is 5.75 Å². The molecule has 0 saturated carbocycles. The number of halogens is 3. The number of ether oxygens (including phenoxy) is 1. The molecule has 0 unspecified atom stereocenters. The molecule has 0 spiro atoms. The van der Waals surface area contributed by atoms with Crippen molar-refractivity contribution >= 4 is 41.3 Å². The minimum atomic E-state index is -4.45. The van der Waals surface area contributed by atoms with Crippen LogP contribution >= 0.6 is 11.8 Å². The van der Waals surface area contributed by atoms with E-state index < -0.39 is 29.1 Å². The van der Waals surface area contributed by atoms with Crippen molar-refractivity contribution < 1.29 is 32.3 Å². The van der Waals surface area contributed by atoms with Crippen molar-refractivity contribution in [2.75, 3.05) is 10.2 Å². The van der Waals surface area contributed by atoms with Crippen LogP contribution in [0.25, 0.3) is 0 Å². The van der Waals surface area contributed by atoms with Crippen LogP contribution in [0.3, 0.4) is 0 Å². The van der Waals surface area contributed by atoms with Crippen LogP contribution in [0, 0.1) is 0 Å². The number of amides is 4. The van der Waals surface area contributed by atoms with Crippen LogP contribution in [0.4, 0.5) is 34.3 Å². The Morgan fingerprint density at radius 1 is 1.05 bits per heavy atom. The third kappa shape index (κ3) is 6.02. The molecule has 1 aromatic heterocycles. The van der Waals surface area contributed by atoms with E-state index in [1.165, 1.54) is 35.4 Å². The molecule has 0 bridgehead atoms. The number of hydrogen-bond acceptors (Lipinski definition) is 6. The highest BCUT2D eigenvalue weighted by molar-refractivity contribution is 8.00. The number of imide groups is 1. The number of thioether (sulfide) groups is 1. The Labute approximate surface area is 214 Å². The van der Waals surface area contributed by atoms with E-state index in [1.54, 1.807) is 56.3 Å². The van der Waals surface area contributed by atoms with Crippen LogP contribution in [0.1, 0.15) is 19.4 Å². The Morgan fingerprint density at radius 2 is 1.73 bits per heavy atom. The first-order valence-corrected chi connectivity index (χ1v) is 11.8. The lowest BCUT2D eigenvalue weighted by Gasteiger charge is -2.27. The number of nitrogens with zero attached hydrogens (tertiary/aromatic N) is 3. The zero-order chi connectivity index (χ0) is 26.8. The highest BCUT2D eigenvalue weighted by atomic mass is 32.2. The number of para-hydroxylation sites is 1. The number of rotatable bonds is 6. The zero-order valence-electron chi connectivity index (χ0n) is 19.7. The molecule has 1 aliphatic heterocycles. The van der Waals surface area contributed by atoms with Crippen molar-refractivity contribution in [1.82, 2.24) is 9.88 Å². The first-order valence-electron chi connectivity index (χ1n) is 10.9. The van der Waals surface area contributed by atoms with E-state index >= 15 is 0 Å². The predicted octanol–water partition coefficient (Wildman–Crippen LogP) is 6.05. The van der Waals surface area contributed by atoms with Crippen molar-refractivity contribution in [2.45, 2.75) is 36.3 Å². The third-order valence-electron chi connectivity index (χ3n) is 5.50. The molecule has 192 valence electrons. The Hall–Kier alpha value is -4.06. The normalized spacial score (nSPS) is 15.2. The maximum Gasteiger partial charge on any atom is 0.446 e. The molecule has 1 N–H and O–H groups in total. The molecule has 4 rings (SSSR count). The monoisotopic (exact) mass is 530 g/mol. The maximum atomic E-state index is 13.3. The highest BCUT2D eigenvalue weighted by Crippen LogP contribution is 2.39. The molecule has 3 aromatic rings. The maximum absolute atomic E-state index is 13.3. The molecule has 0 atom stereocenters. The summed E-state index contributed by atoms with van der Waals surface area (Å²) in [6.45, 7) is 3.18. The Bertz CT molecular complexity index is 1320. The third-order valence-corrected chi connectivity index (χ3v) is 6.24. The number of nitrogens with one attached hydrogen (secondary N) is 1. The van der Waals surface area contributed by atoms with E-state index in [0.29, 0.717) is 11.3 Å². The van der Waals surface area contributed by atoms with Gasteiger partial charge >= 0.3 is 17.6 Å². The molecular weight excluding hydrogens is 509 g/mol. The number of urea groups is 1. The molecule has 1 saturated heterocycles. The summed E-state index contributed by atoms with van der Waals surface area (Å²) in [4.78, 5) is 44.9. The van der Waals surface area contributed by atoms with Crippen molar-refractivity contribution in [2.24, 2.45) is 0 Å². The van der Waals surface area contributed by atoms with Gasteiger partial charge < -0.3 is 9.64 Å². The van der Waals surface area contributed by atoms with E-state index in [1.807, 2.05) is 0 Å². The smallest absolute Gasteiger partial charge is 0.410 e. The molecule has 4 amide bonds. The fourth-order valence-corrected chi connectivity index (χ4v) is 4.21. The van der Waals surface area contributed by atoms with Gasteiger partial charge in [0.25, 0.3) is 5.91 Å². The Morgan fingerprint density at radius 3 is 2.38 bits per heavy atom. The van der Waals surface area contributed by atoms with Gasteiger partial charge in [-0.15, -0.1) is 0 Å².